The van der Waals surface area contributed by atoms with Gasteiger partial charge in [-0.15, -0.1) is 0 Å². The van der Waals surface area contributed by atoms with Crippen molar-refractivity contribution in [3.63, 3.8) is 0 Å². The Labute approximate surface area is 265 Å². The first kappa shape index (κ1) is 34.4. The van der Waals surface area contributed by atoms with Gasteiger partial charge in [-0.05, 0) is 59.1 Å². The highest BCUT2D eigenvalue weighted by Crippen LogP contribution is 2.62. The molecule has 1 unspecified atom stereocenters. The van der Waals surface area contributed by atoms with Gasteiger partial charge in [0.25, 0.3) is 0 Å². The Morgan fingerprint density at radius 2 is 1.82 bits per heavy atom. The summed E-state index contributed by atoms with van der Waals surface area (Å²) in [5.41, 5.74) is 0.146. The van der Waals surface area contributed by atoms with E-state index in [1.165, 1.54) is 29.6 Å². The van der Waals surface area contributed by atoms with E-state index in [-0.39, 0.29) is 36.0 Å². The van der Waals surface area contributed by atoms with Gasteiger partial charge in [0.2, 0.25) is 5.28 Å². The molecule has 1 saturated carbocycles. The predicted molar refractivity (Wildman–Crippen MR) is 161 cm³/mol. The Bertz CT molecular complexity index is 1580. The smallest absolute Gasteiger partial charge is 0.413 e. The van der Waals surface area contributed by atoms with Gasteiger partial charge in [0.15, 0.2) is 37.8 Å². The number of halogens is 1. The van der Waals surface area contributed by atoms with Crippen LogP contribution in [0, 0.1) is 0 Å². The van der Waals surface area contributed by atoms with Crippen LogP contribution in [0.15, 0.2) is 6.20 Å². The second kappa shape index (κ2) is 12.6. The summed E-state index contributed by atoms with van der Waals surface area (Å²) in [7, 11) is -8.86. The highest BCUT2D eigenvalue weighted by molar-refractivity contribution is 7.99. The molecule has 45 heavy (non-hydrogen) atoms. The van der Waals surface area contributed by atoms with E-state index < -0.39 is 70.7 Å². The van der Waals surface area contributed by atoms with E-state index in [0.29, 0.717) is 18.2 Å². The Hall–Kier alpha value is -1.95. The number of aliphatic hydroxyl groups excluding tert-OH is 1. The number of carbonyl (C=O) groups is 1. The number of aliphatic hydroxyl groups is 1. The van der Waals surface area contributed by atoms with Crippen LogP contribution in [0.1, 0.15) is 66.5 Å². The fourth-order valence-corrected chi connectivity index (χ4v) is 11.0. The molecular formula is C26H39ClN5O11PS. The molecule has 3 fully saturated rings. The molecule has 2 saturated heterocycles. The maximum atomic E-state index is 14.0. The number of aromatic nitrogens is 4. The molecule has 1 amide bonds. The van der Waals surface area contributed by atoms with Crippen LogP contribution >= 0.6 is 19.2 Å². The second-order valence-electron chi connectivity index (χ2n) is 11.8. The van der Waals surface area contributed by atoms with Gasteiger partial charge in [0.1, 0.15) is 18.3 Å². The third kappa shape index (κ3) is 6.00. The van der Waals surface area contributed by atoms with Crippen molar-refractivity contribution >= 4 is 52.0 Å². The van der Waals surface area contributed by atoms with Crippen LogP contribution in [-0.2, 0) is 37.7 Å². The van der Waals surface area contributed by atoms with Crippen LogP contribution in [0.2, 0.25) is 5.28 Å². The van der Waals surface area contributed by atoms with Crippen LogP contribution in [0.4, 0.5) is 10.6 Å². The van der Waals surface area contributed by atoms with Crippen LogP contribution < -0.4 is 4.90 Å². The summed E-state index contributed by atoms with van der Waals surface area (Å²) in [6.45, 7) is 6.26. The van der Waals surface area contributed by atoms with Crippen molar-refractivity contribution in [2.24, 2.45) is 0 Å². The molecule has 4 heterocycles. The van der Waals surface area contributed by atoms with Crippen molar-refractivity contribution in [3.8, 4) is 0 Å². The summed E-state index contributed by atoms with van der Waals surface area (Å²) in [5.74, 6) is -1.80. The van der Waals surface area contributed by atoms with E-state index in [1.807, 2.05) is 0 Å². The maximum absolute atomic E-state index is 14.0. The van der Waals surface area contributed by atoms with E-state index in [2.05, 4.69) is 15.1 Å². The van der Waals surface area contributed by atoms with Crippen molar-refractivity contribution in [2.45, 2.75) is 101 Å². The topological polar surface area (TPSA) is 202 Å². The molecule has 0 spiro atoms. The Kier molecular flexibility index (Phi) is 9.61. The number of hydrogen-bond donors (Lipinski definition) is 2. The summed E-state index contributed by atoms with van der Waals surface area (Å²) in [4.78, 5) is 22.1. The minimum Gasteiger partial charge on any atom is -0.465 e. The van der Waals surface area contributed by atoms with Crippen molar-refractivity contribution in [1.29, 1.82) is 0 Å². The Morgan fingerprint density at radius 3 is 2.40 bits per heavy atom. The molecule has 0 bridgehead atoms. The van der Waals surface area contributed by atoms with E-state index in [0.717, 1.165) is 19.8 Å². The van der Waals surface area contributed by atoms with Crippen molar-refractivity contribution < 1.29 is 51.2 Å². The van der Waals surface area contributed by atoms with Crippen LogP contribution in [0.5, 0.6) is 0 Å². The second-order valence-corrected chi connectivity index (χ2v) is 17.4. The minimum absolute atomic E-state index is 0.0783. The van der Waals surface area contributed by atoms with Gasteiger partial charge >= 0.3 is 13.7 Å². The predicted octanol–water partition coefficient (Wildman–Crippen LogP) is 3.71. The molecule has 2 aliphatic heterocycles. The first-order valence-electron chi connectivity index (χ1n) is 14.8. The van der Waals surface area contributed by atoms with Crippen LogP contribution in [-0.4, -0.2) is 105 Å². The molecule has 2 N–H and O–H groups in total. The van der Waals surface area contributed by atoms with Gasteiger partial charge < -0.3 is 33.5 Å². The zero-order valence-electron chi connectivity index (χ0n) is 25.7. The normalized spacial score (nSPS) is 26.7. The fourth-order valence-electron chi connectivity index (χ4n) is 6.23. The minimum atomic E-state index is -4.48. The average Bonchev–Trinajstić information content (AvgIpc) is 3.73. The summed E-state index contributed by atoms with van der Waals surface area (Å²) in [6, 6.07) is -0.292. The number of sulfone groups is 1. The molecule has 16 nitrogen and oxygen atoms in total. The lowest BCUT2D eigenvalue weighted by atomic mass is 10.1. The molecule has 19 heteroatoms. The number of rotatable bonds is 12. The standard InChI is InChI=1S/C26H39ClN5O11PS/c1-6-39-44(36,40-7-2)26(5,14-33)45(37,38)13-17-18-19(43-25(3,4)42-18)22(41-17)32-21-16(12-28-32)20(29-23(27)30-21)31(24(34)35)15-10-8-9-11-15/h12,15,17-19,22,33H,6-11,13-14H2,1-5H3,(H,34,35)/t17-,18-,19-,22-,26?/m1/s1. The maximum Gasteiger partial charge on any atom is 0.413 e. The molecule has 5 atom stereocenters. The summed E-state index contributed by atoms with van der Waals surface area (Å²) in [6.07, 6.45) is -0.794. The molecule has 1 aliphatic carbocycles. The van der Waals surface area contributed by atoms with E-state index in [4.69, 9.17) is 34.9 Å². The number of nitrogens with zero attached hydrogens (tertiary/aromatic N) is 5. The lowest BCUT2D eigenvalue weighted by molar-refractivity contribution is -0.195. The van der Waals surface area contributed by atoms with Crippen LogP contribution in [0.3, 0.4) is 0 Å². The van der Waals surface area contributed by atoms with Gasteiger partial charge in [-0.25, -0.2) is 17.9 Å². The highest BCUT2D eigenvalue weighted by Gasteiger charge is 2.62. The molecule has 0 aromatic carbocycles. The SMILES string of the molecule is CCOP(=O)(OCC)C(C)(CO)S(=O)(=O)C[C@H]1O[C@@H](n2ncc3c(N(C(=O)O)C4CCCC4)nc(Cl)nc32)[C@@H]2OC(C)(C)O[C@@H]21. The number of hydrogen-bond acceptors (Lipinski definition) is 13. The fraction of sp³-hybridized carbons (Fsp3) is 0.769. The van der Waals surface area contributed by atoms with E-state index in [1.54, 1.807) is 13.8 Å². The van der Waals surface area contributed by atoms with Crippen molar-refractivity contribution in [3.05, 3.63) is 11.5 Å². The summed E-state index contributed by atoms with van der Waals surface area (Å²) >= 11 is 6.31. The number of carboxylic acid groups (broad SMARTS) is 1. The lowest BCUT2D eigenvalue weighted by Crippen LogP contribution is -2.46. The zero-order valence-corrected chi connectivity index (χ0v) is 28.1. The van der Waals surface area contributed by atoms with Gasteiger partial charge in [0, 0.05) is 6.04 Å². The highest BCUT2D eigenvalue weighted by atomic mass is 35.5. The van der Waals surface area contributed by atoms with Gasteiger partial charge in [-0.3, -0.25) is 9.46 Å². The molecule has 2 aromatic rings. The van der Waals surface area contributed by atoms with Gasteiger partial charge in [-0.1, -0.05) is 12.8 Å². The van der Waals surface area contributed by atoms with Crippen molar-refractivity contribution in [1.82, 2.24) is 19.7 Å². The first-order chi connectivity index (χ1) is 21.1. The van der Waals surface area contributed by atoms with Gasteiger partial charge in [-0.2, -0.15) is 15.1 Å². The average molecular weight is 696 g/mol. The molecule has 0 radical (unpaired) electrons. The van der Waals surface area contributed by atoms with E-state index >= 15 is 0 Å². The number of amides is 1. The number of anilines is 1. The molecule has 5 rings (SSSR count). The van der Waals surface area contributed by atoms with E-state index in [9.17, 15) is 28.0 Å². The number of fused-ring (bicyclic) bond motifs is 2. The number of ether oxygens (including phenoxy) is 3. The molecule has 3 aliphatic rings. The molecule has 252 valence electrons. The third-order valence-electron chi connectivity index (χ3n) is 8.42. The lowest BCUT2D eigenvalue weighted by Gasteiger charge is -2.34. The monoisotopic (exact) mass is 695 g/mol. The Balaban J connectivity index is 1.53. The summed E-state index contributed by atoms with van der Waals surface area (Å²) in [5, 5.41) is 24.9. The molecular weight excluding hydrogens is 657 g/mol. The van der Waals surface area contributed by atoms with Crippen LogP contribution in [0.25, 0.3) is 11.0 Å². The third-order valence-corrected chi connectivity index (χ3v) is 14.8. The van der Waals surface area contributed by atoms with Crippen molar-refractivity contribution in [2.75, 3.05) is 30.5 Å². The summed E-state index contributed by atoms with van der Waals surface area (Å²) < 4.78 is 69.8. The zero-order chi connectivity index (χ0) is 32.9. The largest absolute Gasteiger partial charge is 0.465 e. The Morgan fingerprint density at radius 1 is 1.20 bits per heavy atom. The first-order valence-corrected chi connectivity index (χ1v) is 18.4. The van der Waals surface area contributed by atoms with Gasteiger partial charge in [0.05, 0.1) is 37.2 Å². The molecule has 2 aromatic heterocycles. The quantitative estimate of drug-likeness (QED) is 0.240.